The second kappa shape index (κ2) is 5.57. The number of aromatic hydroxyl groups is 1. The van der Waals surface area contributed by atoms with Crippen LogP contribution in [0.1, 0.15) is 10.5 Å². The molecule has 2 rings (SSSR count). The highest BCUT2D eigenvalue weighted by Crippen LogP contribution is 2.27. The van der Waals surface area contributed by atoms with Gasteiger partial charge in [0.15, 0.2) is 23.1 Å². The largest absolute Gasteiger partial charge is 0.503 e. The van der Waals surface area contributed by atoms with E-state index in [9.17, 15) is 14.3 Å². The van der Waals surface area contributed by atoms with E-state index < -0.39 is 17.5 Å². The molecule has 1 aromatic heterocycles. The van der Waals surface area contributed by atoms with Gasteiger partial charge in [-0.05, 0) is 40.8 Å². The molecule has 6 nitrogen and oxygen atoms in total. The summed E-state index contributed by atoms with van der Waals surface area (Å²) in [6.45, 7) is 0. The smallest absolute Gasteiger partial charge is 0.360 e. The van der Waals surface area contributed by atoms with Gasteiger partial charge in [0.2, 0.25) is 0 Å². The molecule has 3 N–H and O–H groups in total. The number of nitrogen functional groups attached to an aromatic ring is 1. The average Bonchev–Trinajstić information content (AvgIpc) is 2.44. The Balaban J connectivity index is 2.60. The van der Waals surface area contributed by atoms with Crippen LogP contribution < -0.4 is 5.73 Å². The van der Waals surface area contributed by atoms with Gasteiger partial charge in [-0.3, -0.25) is 0 Å². The van der Waals surface area contributed by atoms with Crippen molar-refractivity contribution < 1.29 is 19.0 Å². The summed E-state index contributed by atoms with van der Waals surface area (Å²) in [7, 11) is 1.14. The number of esters is 1. The number of methoxy groups -OCH3 is 1. The van der Waals surface area contributed by atoms with Crippen LogP contribution in [0.3, 0.4) is 0 Å². The van der Waals surface area contributed by atoms with Crippen LogP contribution in [0.5, 0.6) is 5.75 Å². The first-order valence-corrected chi connectivity index (χ1v) is 6.42. The van der Waals surface area contributed by atoms with Crippen molar-refractivity contribution >= 4 is 34.4 Å². The molecule has 0 radical (unpaired) electrons. The summed E-state index contributed by atoms with van der Waals surface area (Å²) in [4.78, 5) is 19.2. The summed E-state index contributed by atoms with van der Waals surface area (Å²) in [5.74, 6) is -2.13. The van der Waals surface area contributed by atoms with Gasteiger partial charge >= 0.3 is 5.97 Å². The van der Waals surface area contributed by atoms with E-state index in [0.717, 1.165) is 7.11 Å². The maximum atomic E-state index is 13.5. The monoisotopic (exact) mass is 389 g/mol. The van der Waals surface area contributed by atoms with E-state index >= 15 is 0 Å². The number of nitrogens with two attached hydrogens (primary N) is 1. The summed E-state index contributed by atoms with van der Waals surface area (Å²) in [5.41, 5.74) is 5.48. The van der Waals surface area contributed by atoms with Crippen molar-refractivity contribution in [1.29, 1.82) is 0 Å². The lowest BCUT2D eigenvalue weighted by atomic mass is 10.2. The van der Waals surface area contributed by atoms with Crippen molar-refractivity contribution in [2.24, 2.45) is 0 Å². The number of nitrogens with zero attached hydrogens (tertiary/aromatic N) is 2. The van der Waals surface area contributed by atoms with Crippen LogP contribution in [-0.4, -0.2) is 28.2 Å². The third kappa shape index (κ3) is 2.64. The Hall–Kier alpha value is -1.97. The Morgan fingerprint density at radius 1 is 1.45 bits per heavy atom. The summed E-state index contributed by atoms with van der Waals surface area (Å²) >= 11 is 1.84. The molecule has 0 aliphatic rings. The minimum absolute atomic E-state index is 0.0241. The average molecular weight is 389 g/mol. The van der Waals surface area contributed by atoms with E-state index in [1.54, 1.807) is 6.07 Å². The second-order valence-corrected chi connectivity index (χ2v) is 4.91. The van der Waals surface area contributed by atoms with Gasteiger partial charge < -0.3 is 15.6 Å². The van der Waals surface area contributed by atoms with E-state index in [0.29, 0.717) is 9.13 Å². The highest BCUT2D eigenvalue weighted by Gasteiger charge is 2.20. The number of aromatic nitrogens is 2. The fraction of sp³-hybridized carbons (Fsp3) is 0.0833. The molecule has 0 spiro atoms. The predicted molar refractivity (Wildman–Crippen MR) is 77.6 cm³/mol. The lowest BCUT2D eigenvalue weighted by Crippen LogP contribution is -2.09. The van der Waals surface area contributed by atoms with Crippen LogP contribution in [0, 0.1) is 9.39 Å². The number of hydrogen-bond donors (Lipinski definition) is 2. The molecule has 0 aliphatic carbocycles. The maximum absolute atomic E-state index is 13.5. The highest BCUT2D eigenvalue weighted by atomic mass is 127. The highest BCUT2D eigenvalue weighted by molar-refractivity contribution is 14.1. The molecule has 0 aliphatic heterocycles. The summed E-state index contributed by atoms with van der Waals surface area (Å²) in [6, 6.07) is 4.34. The minimum Gasteiger partial charge on any atom is -0.503 e. The fourth-order valence-electron chi connectivity index (χ4n) is 1.48. The van der Waals surface area contributed by atoms with Crippen LogP contribution >= 0.6 is 22.6 Å². The Labute approximate surface area is 126 Å². The molecule has 0 atom stereocenters. The van der Waals surface area contributed by atoms with E-state index in [-0.39, 0.29) is 17.3 Å². The quantitative estimate of drug-likeness (QED) is 0.602. The third-order valence-electron chi connectivity index (χ3n) is 2.47. The number of carbonyl (C=O) groups excluding carboxylic acids is 1. The maximum Gasteiger partial charge on any atom is 0.360 e. The molecular formula is C12H9FIN3O3. The Kier molecular flexibility index (Phi) is 4.02. The van der Waals surface area contributed by atoms with Crippen molar-refractivity contribution in [2.45, 2.75) is 0 Å². The summed E-state index contributed by atoms with van der Waals surface area (Å²) < 4.78 is 18.5. The number of benzene rings is 1. The zero-order chi connectivity index (χ0) is 14.9. The number of rotatable bonds is 2. The molecule has 0 unspecified atom stereocenters. The fourth-order valence-corrected chi connectivity index (χ4v) is 1.81. The van der Waals surface area contributed by atoms with Crippen molar-refractivity contribution in [3.8, 4) is 17.1 Å². The van der Waals surface area contributed by atoms with Crippen molar-refractivity contribution in [3.63, 3.8) is 0 Å². The molecule has 0 bridgehead atoms. The van der Waals surface area contributed by atoms with E-state index in [4.69, 9.17) is 5.73 Å². The van der Waals surface area contributed by atoms with Gasteiger partial charge in [0.25, 0.3) is 0 Å². The predicted octanol–water partition coefficient (Wildman–Crippen LogP) is 1.96. The van der Waals surface area contributed by atoms with Gasteiger partial charge in [-0.25, -0.2) is 19.2 Å². The van der Waals surface area contributed by atoms with Crippen molar-refractivity contribution in [1.82, 2.24) is 9.97 Å². The lowest BCUT2D eigenvalue weighted by molar-refractivity contribution is 0.0590. The molecular weight excluding hydrogens is 380 g/mol. The van der Waals surface area contributed by atoms with Crippen LogP contribution in [0.25, 0.3) is 11.4 Å². The van der Waals surface area contributed by atoms with Gasteiger partial charge in [0, 0.05) is 9.13 Å². The Morgan fingerprint density at radius 2 is 2.15 bits per heavy atom. The minimum atomic E-state index is -0.858. The van der Waals surface area contributed by atoms with Crippen LogP contribution in [0.4, 0.5) is 10.2 Å². The van der Waals surface area contributed by atoms with Gasteiger partial charge in [0.05, 0.1) is 7.11 Å². The molecule has 1 aromatic carbocycles. The topological polar surface area (TPSA) is 98.3 Å². The van der Waals surface area contributed by atoms with E-state index in [1.165, 1.54) is 12.1 Å². The third-order valence-corrected chi connectivity index (χ3v) is 3.34. The van der Waals surface area contributed by atoms with Crippen molar-refractivity contribution in [2.75, 3.05) is 12.8 Å². The van der Waals surface area contributed by atoms with Gasteiger partial charge in [-0.1, -0.05) is 0 Å². The molecule has 0 saturated carbocycles. The van der Waals surface area contributed by atoms with Crippen LogP contribution in [0.2, 0.25) is 0 Å². The van der Waals surface area contributed by atoms with Crippen molar-refractivity contribution in [3.05, 3.63) is 33.3 Å². The normalized spacial score (nSPS) is 10.3. The molecule has 0 fully saturated rings. The molecule has 104 valence electrons. The van der Waals surface area contributed by atoms with Crippen LogP contribution in [-0.2, 0) is 4.74 Å². The number of carbonyl (C=O) groups is 1. The molecule has 0 amide bonds. The Morgan fingerprint density at radius 3 is 2.75 bits per heavy atom. The van der Waals surface area contributed by atoms with E-state index in [1.807, 2.05) is 22.6 Å². The van der Waals surface area contributed by atoms with Gasteiger partial charge in [0.1, 0.15) is 5.82 Å². The zero-order valence-electron chi connectivity index (χ0n) is 10.2. The summed E-state index contributed by atoms with van der Waals surface area (Å²) in [6.07, 6.45) is 0. The first-order chi connectivity index (χ1) is 9.43. The van der Waals surface area contributed by atoms with E-state index in [2.05, 4.69) is 14.7 Å². The zero-order valence-corrected chi connectivity index (χ0v) is 12.4. The first-order valence-electron chi connectivity index (χ1n) is 5.34. The summed E-state index contributed by atoms with van der Waals surface area (Å²) in [5, 5.41) is 9.64. The molecule has 20 heavy (non-hydrogen) atoms. The molecule has 8 heteroatoms. The number of ether oxygens (including phenoxy) is 1. The first kappa shape index (κ1) is 14.4. The molecule has 1 heterocycles. The SMILES string of the molecule is COC(=O)c1nc(-c2ccc(I)c(F)c2)nc(N)c1O. The standard InChI is InChI=1S/C12H9FIN3O3/c1-20-12(19)8-9(18)10(15)17-11(16-8)5-2-3-7(14)6(13)4-5/h2-4,18H,1H3,(H2,15,16,17). The van der Waals surface area contributed by atoms with Gasteiger partial charge in [-0.2, -0.15) is 0 Å². The molecule has 2 aromatic rings. The second-order valence-electron chi connectivity index (χ2n) is 3.75. The number of anilines is 1. The number of halogens is 2. The van der Waals surface area contributed by atoms with Crippen LogP contribution in [0.15, 0.2) is 18.2 Å². The molecule has 0 saturated heterocycles. The number of hydrogen-bond acceptors (Lipinski definition) is 6. The Bertz CT molecular complexity index is 694. The van der Waals surface area contributed by atoms with Gasteiger partial charge in [-0.15, -0.1) is 0 Å². The lowest BCUT2D eigenvalue weighted by Gasteiger charge is -2.07.